The molecule has 0 radical (unpaired) electrons. The number of aromatic nitrogens is 1. The van der Waals surface area contributed by atoms with Crippen molar-refractivity contribution in [1.29, 1.82) is 0 Å². The van der Waals surface area contributed by atoms with Gasteiger partial charge < -0.3 is 14.2 Å². The van der Waals surface area contributed by atoms with Gasteiger partial charge in [-0.15, -0.1) is 0 Å². The Hall–Kier alpha value is -3.43. The highest BCUT2D eigenvalue weighted by Crippen LogP contribution is 2.32. The summed E-state index contributed by atoms with van der Waals surface area (Å²) in [6, 6.07) is 12.2. The maximum absolute atomic E-state index is 13.7. The van der Waals surface area contributed by atoms with Gasteiger partial charge in [0.1, 0.15) is 18.1 Å². The van der Waals surface area contributed by atoms with Crippen LogP contribution >= 0.6 is 27.3 Å². The molecule has 0 bridgehead atoms. The molecule has 0 unspecified atom stereocenters. The van der Waals surface area contributed by atoms with E-state index >= 15 is 0 Å². The number of thiazole rings is 1. The smallest absolute Gasteiger partial charge is 0.338 e. The van der Waals surface area contributed by atoms with Gasteiger partial charge in [0.05, 0.1) is 35.6 Å². The molecule has 36 heavy (non-hydrogen) atoms. The summed E-state index contributed by atoms with van der Waals surface area (Å²) < 4.78 is 19.3. The number of rotatable bonds is 8. The molecule has 0 amide bonds. The minimum atomic E-state index is -0.694. The number of carbonyl (C=O) groups excluding carboxylic acids is 1. The van der Waals surface area contributed by atoms with Gasteiger partial charge in [0.15, 0.2) is 4.80 Å². The van der Waals surface area contributed by atoms with E-state index in [1.165, 1.54) is 11.3 Å². The van der Waals surface area contributed by atoms with Crippen LogP contribution in [0.4, 0.5) is 0 Å². The first-order chi connectivity index (χ1) is 17.4. The summed E-state index contributed by atoms with van der Waals surface area (Å²) in [7, 11) is 1.58. The second kappa shape index (κ2) is 11.1. The first kappa shape index (κ1) is 25.7. The van der Waals surface area contributed by atoms with Crippen LogP contribution in [0.25, 0.3) is 6.08 Å². The van der Waals surface area contributed by atoms with Crippen molar-refractivity contribution in [2.24, 2.45) is 4.99 Å². The largest absolute Gasteiger partial charge is 0.496 e. The second-order valence-electron chi connectivity index (χ2n) is 7.86. The van der Waals surface area contributed by atoms with E-state index in [0.717, 1.165) is 15.6 Å². The summed E-state index contributed by atoms with van der Waals surface area (Å²) in [5, 5.41) is 0. The highest BCUT2D eigenvalue weighted by molar-refractivity contribution is 9.10. The molecule has 2 heterocycles. The van der Waals surface area contributed by atoms with Crippen molar-refractivity contribution in [2.75, 3.05) is 20.3 Å². The van der Waals surface area contributed by atoms with Gasteiger partial charge in [0.25, 0.3) is 5.56 Å². The summed E-state index contributed by atoms with van der Waals surface area (Å²) in [6.45, 7) is 7.75. The lowest BCUT2D eigenvalue weighted by Gasteiger charge is -2.24. The Bertz CT molecular complexity index is 1520. The van der Waals surface area contributed by atoms with Gasteiger partial charge in [0, 0.05) is 10.0 Å². The molecule has 1 aromatic heterocycles. The van der Waals surface area contributed by atoms with Crippen molar-refractivity contribution >= 4 is 39.3 Å². The van der Waals surface area contributed by atoms with Gasteiger partial charge >= 0.3 is 5.97 Å². The average molecular weight is 569 g/mol. The fraction of sp³-hybridized carbons (Fsp3) is 0.222. The van der Waals surface area contributed by atoms with Crippen LogP contribution in [0.2, 0.25) is 0 Å². The van der Waals surface area contributed by atoms with E-state index in [9.17, 15) is 9.59 Å². The molecule has 4 rings (SSSR count). The van der Waals surface area contributed by atoms with E-state index in [4.69, 9.17) is 14.2 Å². The molecule has 2 aromatic carbocycles. The topological polar surface area (TPSA) is 79.1 Å². The summed E-state index contributed by atoms with van der Waals surface area (Å²) >= 11 is 4.74. The Labute approximate surface area is 220 Å². The molecule has 0 fully saturated rings. The Balaban J connectivity index is 1.91. The Kier molecular flexibility index (Phi) is 7.91. The fourth-order valence-electron chi connectivity index (χ4n) is 3.97. The number of carbonyl (C=O) groups is 1. The maximum atomic E-state index is 13.7. The van der Waals surface area contributed by atoms with Crippen molar-refractivity contribution in [2.45, 2.75) is 19.9 Å². The fourth-order valence-corrected chi connectivity index (χ4v) is 5.38. The van der Waals surface area contributed by atoms with Crippen molar-refractivity contribution in [3.63, 3.8) is 0 Å². The number of halogens is 1. The Morgan fingerprint density at radius 2 is 2.00 bits per heavy atom. The minimum Gasteiger partial charge on any atom is -0.496 e. The highest BCUT2D eigenvalue weighted by atomic mass is 79.9. The zero-order chi connectivity index (χ0) is 25.8. The molecular formula is C27H25BrN2O5S. The minimum absolute atomic E-state index is 0.212. The summed E-state index contributed by atoms with van der Waals surface area (Å²) in [5.74, 6) is 0.795. The number of esters is 1. The van der Waals surface area contributed by atoms with E-state index < -0.39 is 12.0 Å². The number of benzene rings is 2. The van der Waals surface area contributed by atoms with Crippen LogP contribution < -0.4 is 24.4 Å². The summed E-state index contributed by atoms with van der Waals surface area (Å²) in [4.78, 5) is 31.9. The van der Waals surface area contributed by atoms with Crippen LogP contribution in [0, 0.1) is 0 Å². The highest BCUT2D eigenvalue weighted by Gasteiger charge is 2.33. The first-order valence-corrected chi connectivity index (χ1v) is 12.9. The zero-order valence-corrected chi connectivity index (χ0v) is 22.5. The van der Waals surface area contributed by atoms with Gasteiger partial charge in [-0.1, -0.05) is 52.1 Å². The van der Waals surface area contributed by atoms with Crippen LogP contribution in [0.3, 0.4) is 0 Å². The van der Waals surface area contributed by atoms with Gasteiger partial charge in [-0.25, -0.2) is 9.79 Å². The molecular weight excluding hydrogens is 544 g/mol. The summed E-state index contributed by atoms with van der Waals surface area (Å²) in [6.07, 6.45) is 3.44. The second-order valence-corrected chi connectivity index (χ2v) is 9.78. The predicted molar refractivity (Wildman–Crippen MR) is 143 cm³/mol. The molecule has 7 nitrogen and oxygen atoms in total. The van der Waals surface area contributed by atoms with Gasteiger partial charge in [-0.2, -0.15) is 0 Å². The van der Waals surface area contributed by atoms with Gasteiger partial charge in [0.2, 0.25) is 0 Å². The van der Waals surface area contributed by atoms with E-state index in [2.05, 4.69) is 27.5 Å². The number of allylic oxidation sites excluding steroid dienone is 1. The third-order valence-corrected chi connectivity index (χ3v) is 7.04. The summed E-state index contributed by atoms with van der Waals surface area (Å²) in [5.41, 5.74) is 2.07. The monoisotopic (exact) mass is 568 g/mol. The number of hydrogen-bond donors (Lipinski definition) is 0. The molecule has 1 atom stereocenters. The zero-order valence-electron chi connectivity index (χ0n) is 20.1. The molecule has 0 saturated carbocycles. The molecule has 0 aliphatic carbocycles. The van der Waals surface area contributed by atoms with E-state index in [0.29, 0.717) is 38.7 Å². The maximum Gasteiger partial charge on any atom is 0.338 e. The van der Waals surface area contributed by atoms with Crippen LogP contribution in [-0.2, 0) is 9.53 Å². The lowest BCUT2D eigenvalue weighted by atomic mass is 9.96. The molecule has 0 saturated heterocycles. The van der Waals surface area contributed by atoms with Crippen molar-refractivity contribution in [1.82, 2.24) is 4.57 Å². The predicted octanol–water partition coefficient (Wildman–Crippen LogP) is 4.13. The molecule has 3 aromatic rings. The number of hydrogen-bond acceptors (Lipinski definition) is 7. The molecule has 1 aliphatic heterocycles. The van der Waals surface area contributed by atoms with Crippen LogP contribution in [0.5, 0.6) is 11.5 Å². The third-order valence-electron chi connectivity index (χ3n) is 5.56. The molecule has 186 valence electrons. The van der Waals surface area contributed by atoms with Crippen LogP contribution in [0.15, 0.2) is 80.6 Å². The number of methoxy groups -OCH3 is 1. The average Bonchev–Trinajstić information content (AvgIpc) is 3.16. The van der Waals surface area contributed by atoms with Crippen LogP contribution in [-0.4, -0.2) is 30.9 Å². The van der Waals surface area contributed by atoms with Crippen molar-refractivity contribution in [3.8, 4) is 11.5 Å². The molecule has 0 spiro atoms. The van der Waals surface area contributed by atoms with Gasteiger partial charge in [-0.3, -0.25) is 9.36 Å². The van der Waals surface area contributed by atoms with E-state index in [-0.39, 0.29) is 12.2 Å². The van der Waals surface area contributed by atoms with Gasteiger partial charge in [-0.05, 0) is 55.8 Å². The molecule has 9 heteroatoms. The quantitative estimate of drug-likeness (QED) is 0.301. The van der Waals surface area contributed by atoms with E-state index in [1.54, 1.807) is 49.8 Å². The van der Waals surface area contributed by atoms with Crippen molar-refractivity contribution < 1.29 is 19.0 Å². The lowest BCUT2D eigenvalue weighted by molar-refractivity contribution is -0.139. The molecule has 1 aliphatic rings. The SMILES string of the molecule is C=CCOc1ccc([C@@H]2C(C(=O)OCC)=C(C)N=c3s/c(=C\c4cc(Br)ccc4OC)c(=O)n32)cc1. The number of ether oxygens (including phenoxy) is 3. The Morgan fingerprint density at radius 3 is 2.67 bits per heavy atom. The van der Waals surface area contributed by atoms with Crippen LogP contribution in [0.1, 0.15) is 31.0 Å². The lowest BCUT2D eigenvalue weighted by Crippen LogP contribution is -2.39. The molecule has 0 N–H and O–H groups in total. The number of fused-ring (bicyclic) bond motifs is 1. The number of nitrogens with zero attached hydrogens (tertiary/aromatic N) is 2. The first-order valence-electron chi connectivity index (χ1n) is 11.2. The standard InChI is InChI=1S/C27H25BrN2O5S/c1-5-13-35-20-10-7-17(8-11-20)24-23(26(32)34-6-2)16(3)29-27-30(24)25(31)22(36-27)15-18-14-19(28)9-12-21(18)33-4/h5,7-12,14-15,24H,1,6,13H2,2-4H3/b22-15-/t24-/m1/s1. The van der Waals surface area contributed by atoms with E-state index in [1.807, 2.05) is 30.3 Å². The van der Waals surface area contributed by atoms with Crippen molar-refractivity contribution in [3.05, 3.63) is 102 Å². The normalized spacial score (nSPS) is 15.2. The third kappa shape index (κ3) is 5.08. The Morgan fingerprint density at radius 1 is 1.25 bits per heavy atom.